The van der Waals surface area contributed by atoms with Gasteiger partial charge in [-0.3, -0.25) is 0 Å². The molecule has 120 valence electrons. The lowest BCUT2D eigenvalue weighted by atomic mass is 10.1. The molecule has 0 saturated carbocycles. The Morgan fingerprint density at radius 2 is 1.96 bits per heavy atom. The largest absolute Gasteiger partial charge is 0.454 e. The zero-order chi connectivity index (χ0) is 16.1. The zero-order valence-corrected chi connectivity index (χ0v) is 13.4. The lowest BCUT2D eigenvalue weighted by Crippen LogP contribution is -2.05. The van der Waals surface area contributed by atoms with Gasteiger partial charge in [-0.1, -0.05) is 18.2 Å². The van der Waals surface area contributed by atoms with Gasteiger partial charge in [0.1, 0.15) is 5.82 Å². The molecule has 0 aliphatic carbocycles. The van der Waals surface area contributed by atoms with Crippen LogP contribution in [0.4, 0.5) is 5.82 Å². The molecule has 2 aromatic carbocycles. The second kappa shape index (κ2) is 5.03. The fourth-order valence-electron chi connectivity index (χ4n) is 3.43. The molecule has 3 aromatic rings. The predicted octanol–water partition coefficient (Wildman–Crippen LogP) is 3.54. The third-order valence-corrected chi connectivity index (χ3v) is 4.64. The summed E-state index contributed by atoms with van der Waals surface area (Å²) in [5, 5.41) is 8.40. The molecule has 2 aliphatic rings. The number of hydrogen-bond donors (Lipinski definition) is 1. The SMILES string of the molecule is Cc1ccccc1-n1nc(-c2ccc3c(c2)OCO3)c2c1NCC2. The van der Waals surface area contributed by atoms with E-state index in [2.05, 4.69) is 36.5 Å². The maximum atomic E-state index is 5.52. The number of hydrogen-bond acceptors (Lipinski definition) is 4. The lowest BCUT2D eigenvalue weighted by Gasteiger charge is -2.09. The van der Waals surface area contributed by atoms with E-state index in [4.69, 9.17) is 14.6 Å². The van der Waals surface area contributed by atoms with Gasteiger partial charge in [-0.15, -0.1) is 0 Å². The normalized spacial score (nSPS) is 14.5. The number of anilines is 1. The number of nitrogens with one attached hydrogen (secondary N) is 1. The van der Waals surface area contributed by atoms with Crippen LogP contribution in [0, 0.1) is 6.92 Å². The first-order valence-corrected chi connectivity index (χ1v) is 8.13. The van der Waals surface area contributed by atoms with Crippen LogP contribution in [0.5, 0.6) is 11.5 Å². The van der Waals surface area contributed by atoms with E-state index in [1.54, 1.807) is 0 Å². The summed E-state index contributed by atoms with van der Waals surface area (Å²) in [5.41, 5.74) is 5.64. The van der Waals surface area contributed by atoms with Crippen LogP contribution < -0.4 is 14.8 Å². The molecule has 1 aromatic heterocycles. The van der Waals surface area contributed by atoms with Gasteiger partial charge in [0.15, 0.2) is 11.5 Å². The first-order valence-electron chi connectivity index (χ1n) is 8.13. The fraction of sp³-hybridized carbons (Fsp3) is 0.211. The van der Waals surface area contributed by atoms with Crippen LogP contribution in [0.25, 0.3) is 16.9 Å². The summed E-state index contributed by atoms with van der Waals surface area (Å²) in [5.74, 6) is 2.68. The van der Waals surface area contributed by atoms with Crippen molar-refractivity contribution in [2.24, 2.45) is 0 Å². The van der Waals surface area contributed by atoms with E-state index < -0.39 is 0 Å². The Kier molecular flexibility index (Phi) is 2.82. The fourth-order valence-corrected chi connectivity index (χ4v) is 3.43. The molecule has 24 heavy (non-hydrogen) atoms. The molecule has 0 amide bonds. The summed E-state index contributed by atoms with van der Waals surface area (Å²) in [6.45, 7) is 3.34. The second-order valence-electron chi connectivity index (χ2n) is 6.12. The Bertz CT molecular complexity index is 946. The predicted molar refractivity (Wildman–Crippen MR) is 92.1 cm³/mol. The van der Waals surface area contributed by atoms with Crippen LogP contribution in [-0.4, -0.2) is 23.1 Å². The van der Waals surface area contributed by atoms with Gasteiger partial charge in [-0.25, -0.2) is 4.68 Å². The van der Waals surface area contributed by atoms with Crippen molar-refractivity contribution in [2.75, 3.05) is 18.7 Å². The molecule has 1 N–H and O–H groups in total. The monoisotopic (exact) mass is 319 g/mol. The Hall–Kier alpha value is -2.95. The Morgan fingerprint density at radius 1 is 1.08 bits per heavy atom. The van der Waals surface area contributed by atoms with Gasteiger partial charge in [0.05, 0.1) is 11.4 Å². The van der Waals surface area contributed by atoms with Gasteiger partial charge in [-0.2, -0.15) is 5.10 Å². The lowest BCUT2D eigenvalue weighted by molar-refractivity contribution is 0.174. The summed E-state index contributed by atoms with van der Waals surface area (Å²) in [6.07, 6.45) is 0.977. The van der Waals surface area contributed by atoms with E-state index in [0.717, 1.165) is 47.2 Å². The molecule has 0 fully saturated rings. The van der Waals surface area contributed by atoms with Gasteiger partial charge >= 0.3 is 0 Å². The quantitative estimate of drug-likeness (QED) is 0.785. The number of aryl methyl sites for hydroxylation is 1. The highest BCUT2D eigenvalue weighted by atomic mass is 16.7. The van der Waals surface area contributed by atoms with Gasteiger partial charge in [-0.05, 0) is 43.2 Å². The first-order chi connectivity index (χ1) is 11.8. The van der Waals surface area contributed by atoms with Crippen molar-refractivity contribution >= 4 is 5.82 Å². The van der Waals surface area contributed by atoms with Crippen LogP contribution in [-0.2, 0) is 6.42 Å². The molecular weight excluding hydrogens is 302 g/mol. The van der Waals surface area contributed by atoms with Crippen molar-refractivity contribution in [2.45, 2.75) is 13.3 Å². The highest BCUT2D eigenvalue weighted by Crippen LogP contribution is 2.39. The Balaban J connectivity index is 1.68. The summed E-state index contributed by atoms with van der Waals surface area (Å²) < 4.78 is 13.0. The topological polar surface area (TPSA) is 48.3 Å². The van der Waals surface area contributed by atoms with Crippen LogP contribution in [0.1, 0.15) is 11.1 Å². The standard InChI is InChI=1S/C19H17N3O2/c1-12-4-2-3-5-15(12)22-19-14(8-9-20-19)18(21-22)13-6-7-16-17(10-13)24-11-23-16/h2-7,10,20H,8-9,11H2,1H3. The number of fused-ring (bicyclic) bond motifs is 2. The van der Waals surface area contributed by atoms with E-state index in [-0.39, 0.29) is 6.79 Å². The zero-order valence-electron chi connectivity index (χ0n) is 13.4. The minimum absolute atomic E-state index is 0.288. The molecule has 0 atom stereocenters. The number of aromatic nitrogens is 2. The smallest absolute Gasteiger partial charge is 0.231 e. The van der Waals surface area contributed by atoms with Gasteiger partial charge < -0.3 is 14.8 Å². The molecular formula is C19H17N3O2. The average Bonchev–Trinajstić information content (AvgIpc) is 3.31. The number of rotatable bonds is 2. The van der Waals surface area contributed by atoms with Crippen LogP contribution in [0.2, 0.25) is 0 Å². The Morgan fingerprint density at radius 3 is 2.88 bits per heavy atom. The van der Waals surface area contributed by atoms with Crippen molar-refractivity contribution in [1.29, 1.82) is 0 Å². The molecule has 0 spiro atoms. The second-order valence-corrected chi connectivity index (χ2v) is 6.12. The average molecular weight is 319 g/mol. The number of nitrogens with zero attached hydrogens (tertiary/aromatic N) is 2. The van der Waals surface area contributed by atoms with Crippen LogP contribution in [0.15, 0.2) is 42.5 Å². The molecule has 0 unspecified atom stereocenters. The molecule has 0 bridgehead atoms. The third kappa shape index (κ3) is 1.91. The van der Waals surface area contributed by atoms with Crippen molar-refractivity contribution in [1.82, 2.24) is 9.78 Å². The number of benzene rings is 2. The van der Waals surface area contributed by atoms with Gasteiger partial charge in [0.25, 0.3) is 0 Å². The molecule has 5 heteroatoms. The molecule has 3 heterocycles. The molecule has 0 saturated heterocycles. The third-order valence-electron chi connectivity index (χ3n) is 4.64. The molecule has 5 rings (SSSR count). The highest BCUT2D eigenvalue weighted by Gasteiger charge is 2.25. The minimum atomic E-state index is 0.288. The van der Waals surface area contributed by atoms with Crippen molar-refractivity contribution in [3.8, 4) is 28.4 Å². The van der Waals surface area contributed by atoms with Crippen molar-refractivity contribution < 1.29 is 9.47 Å². The Labute approximate surface area is 139 Å². The summed E-state index contributed by atoms with van der Waals surface area (Å²) in [7, 11) is 0. The summed E-state index contributed by atoms with van der Waals surface area (Å²) in [4.78, 5) is 0. The van der Waals surface area contributed by atoms with E-state index in [1.807, 2.05) is 22.9 Å². The number of ether oxygens (including phenoxy) is 2. The van der Waals surface area contributed by atoms with Gasteiger partial charge in [0.2, 0.25) is 6.79 Å². The van der Waals surface area contributed by atoms with Crippen molar-refractivity contribution in [3.05, 3.63) is 53.6 Å². The highest BCUT2D eigenvalue weighted by molar-refractivity contribution is 5.74. The van der Waals surface area contributed by atoms with E-state index in [0.29, 0.717) is 0 Å². The maximum absolute atomic E-state index is 5.52. The van der Waals surface area contributed by atoms with E-state index in [1.165, 1.54) is 11.1 Å². The van der Waals surface area contributed by atoms with Crippen LogP contribution >= 0.6 is 0 Å². The summed E-state index contributed by atoms with van der Waals surface area (Å²) >= 11 is 0. The van der Waals surface area contributed by atoms with Crippen molar-refractivity contribution in [3.63, 3.8) is 0 Å². The minimum Gasteiger partial charge on any atom is -0.454 e. The maximum Gasteiger partial charge on any atom is 0.231 e. The van der Waals surface area contributed by atoms with E-state index >= 15 is 0 Å². The van der Waals surface area contributed by atoms with Crippen LogP contribution in [0.3, 0.4) is 0 Å². The van der Waals surface area contributed by atoms with Gasteiger partial charge in [0, 0.05) is 17.7 Å². The number of para-hydroxylation sites is 1. The summed E-state index contributed by atoms with van der Waals surface area (Å²) in [6, 6.07) is 14.3. The molecule has 0 radical (unpaired) electrons. The van der Waals surface area contributed by atoms with E-state index in [9.17, 15) is 0 Å². The molecule has 5 nitrogen and oxygen atoms in total. The molecule has 2 aliphatic heterocycles. The first kappa shape index (κ1) is 13.5.